The number of rotatable bonds is 9. The molecular weight excluding hydrogens is 362 g/mol. The molecule has 1 N–H and O–H groups in total. The third kappa shape index (κ3) is 6.11. The maximum atomic E-state index is 12.3. The predicted octanol–water partition coefficient (Wildman–Crippen LogP) is 5.86. The molecule has 0 heterocycles. The summed E-state index contributed by atoms with van der Waals surface area (Å²) in [4.78, 5) is 12.3. The van der Waals surface area contributed by atoms with Crippen LogP contribution in [0, 0.1) is 6.92 Å². The molecule has 3 rings (SSSR count). The molecule has 0 aliphatic carbocycles. The number of benzene rings is 3. The molecule has 1 amide bonds. The molecule has 0 unspecified atom stereocenters. The molecule has 0 fully saturated rings. The van der Waals surface area contributed by atoms with E-state index in [0.717, 1.165) is 24.0 Å². The van der Waals surface area contributed by atoms with Gasteiger partial charge in [-0.1, -0.05) is 67.4 Å². The van der Waals surface area contributed by atoms with Gasteiger partial charge in [0.1, 0.15) is 11.5 Å². The zero-order valence-corrected chi connectivity index (χ0v) is 17.0. The lowest BCUT2D eigenvalue weighted by atomic mass is 10.0. The summed E-state index contributed by atoms with van der Waals surface area (Å²) in [6, 6.07) is 23.6. The third-order valence-corrected chi connectivity index (χ3v) is 4.53. The lowest BCUT2D eigenvalue weighted by molar-refractivity contribution is -0.118. The smallest absolute Gasteiger partial charge is 0.262 e. The molecule has 3 aromatic rings. The molecule has 29 heavy (non-hydrogen) atoms. The van der Waals surface area contributed by atoms with Crippen molar-refractivity contribution in [2.45, 2.75) is 26.7 Å². The molecule has 0 bridgehead atoms. The van der Waals surface area contributed by atoms with Gasteiger partial charge in [-0.3, -0.25) is 4.79 Å². The van der Waals surface area contributed by atoms with Gasteiger partial charge in [0.15, 0.2) is 6.61 Å². The van der Waals surface area contributed by atoms with Crippen molar-refractivity contribution in [2.24, 2.45) is 0 Å². The largest absolute Gasteiger partial charge is 0.491 e. The van der Waals surface area contributed by atoms with Crippen LogP contribution >= 0.6 is 0 Å². The Morgan fingerprint density at radius 3 is 2.21 bits per heavy atom. The fourth-order valence-electron chi connectivity index (χ4n) is 2.85. The summed E-state index contributed by atoms with van der Waals surface area (Å²) in [5, 5.41) is 2.86. The Morgan fingerprint density at radius 2 is 1.52 bits per heavy atom. The van der Waals surface area contributed by atoms with Crippen molar-refractivity contribution in [1.82, 2.24) is 0 Å². The zero-order chi connectivity index (χ0) is 20.5. The highest BCUT2D eigenvalue weighted by molar-refractivity contribution is 5.93. The maximum absolute atomic E-state index is 12.3. The number of para-hydroxylation sites is 2. The molecule has 0 radical (unpaired) electrons. The summed E-state index contributed by atoms with van der Waals surface area (Å²) >= 11 is 0. The lowest BCUT2D eigenvalue weighted by Gasteiger charge is -2.13. The van der Waals surface area contributed by atoms with Crippen LogP contribution in [0.25, 0.3) is 11.1 Å². The minimum Gasteiger partial charge on any atom is -0.491 e. The second kappa shape index (κ2) is 10.3. The van der Waals surface area contributed by atoms with E-state index >= 15 is 0 Å². The molecule has 4 heteroatoms. The van der Waals surface area contributed by atoms with Gasteiger partial charge in [-0.2, -0.15) is 0 Å². The minimum absolute atomic E-state index is 0.0623. The number of ether oxygens (including phenoxy) is 2. The first-order chi connectivity index (χ1) is 14.2. The van der Waals surface area contributed by atoms with Crippen molar-refractivity contribution < 1.29 is 14.3 Å². The molecule has 3 aromatic carbocycles. The van der Waals surface area contributed by atoms with Gasteiger partial charge < -0.3 is 14.8 Å². The third-order valence-electron chi connectivity index (χ3n) is 4.53. The highest BCUT2D eigenvalue weighted by Crippen LogP contribution is 2.25. The summed E-state index contributed by atoms with van der Waals surface area (Å²) < 4.78 is 11.4. The fourth-order valence-corrected chi connectivity index (χ4v) is 2.85. The number of carbonyl (C=O) groups is 1. The van der Waals surface area contributed by atoms with Gasteiger partial charge >= 0.3 is 0 Å². The molecular formula is C25H27NO3. The molecule has 0 saturated heterocycles. The van der Waals surface area contributed by atoms with E-state index in [1.807, 2.05) is 48.5 Å². The molecule has 4 nitrogen and oxygen atoms in total. The lowest BCUT2D eigenvalue weighted by Crippen LogP contribution is -2.20. The van der Waals surface area contributed by atoms with E-state index < -0.39 is 0 Å². The van der Waals surface area contributed by atoms with E-state index in [0.29, 0.717) is 23.8 Å². The number of amides is 1. The standard InChI is InChI=1S/C25H27NO3/c1-3-4-17-28-24-8-6-5-7-23(24)26-25(27)18-29-22-15-13-21(14-16-22)20-11-9-19(2)10-12-20/h5-16H,3-4,17-18H2,1-2H3,(H,26,27). The SMILES string of the molecule is CCCCOc1ccccc1NC(=O)COc1ccc(-c2ccc(C)cc2)cc1. The van der Waals surface area contributed by atoms with Crippen LogP contribution in [0.4, 0.5) is 5.69 Å². The Hall–Kier alpha value is -3.27. The van der Waals surface area contributed by atoms with Crippen LogP contribution in [0.3, 0.4) is 0 Å². The van der Waals surface area contributed by atoms with E-state index in [1.165, 1.54) is 5.56 Å². The second-order valence-electron chi connectivity index (χ2n) is 6.93. The molecule has 0 saturated carbocycles. The number of aryl methyl sites for hydroxylation is 1. The van der Waals surface area contributed by atoms with Crippen LogP contribution < -0.4 is 14.8 Å². The average Bonchev–Trinajstić information content (AvgIpc) is 2.75. The van der Waals surface area contributed by atoms with Crippen molar-refractivity contribution in [3.63, 3.8) is 0 Å². The van der Waals surface area contributed by atoms with Crippen molar-refractivity contribution in [1.29, 1.82) is 0 Å². The van der Waals surface area contributed by atoms with Crippen molar-refractivity contribution in [2.75, 3.05) is 18.5 Å². The quantitative estimate of drug-likeness (QED) is 0.466. The Balaban J connectivity index is 1.54. The minimum atomic E-state index is -0.223. The maximum Gasteiger partial charge on any atom is 0.262 e. The average molecular weight is 389 g/mol. The Bertz CT molecular complexity index is 918. The van der Waals surface area contributed by atoms with Crippen LogP contribution in [0.1, 0.15) is 25.3 Å². The first-order valence-electron chi connectivity index (χ1n) is 9.97. The van der Waals surface area contributed by atoms with Crippen LogP contribution in [-0.4, -0.2) is 19.1 Å². The Kier molecular flexibility index (Phi) is 7.28. The number of anilines is 1. The van der Waals surface area contributed by atoms with Gasteiger partial charge in [-0.15, -0.1) is 0 Å². The first-order valence-corrected chi connectivity index (χ1v) is 9.97. The van der Waals surface area contributed by atoms with Crippen LogP contribution in [0.5, 0.6) is 11.5 Å². The normalized spacial score (nSPS) is 10.4. The molecule has 0 spiro atoms. The van der Waals surface area contributed by atoms with Gasteiger partial charge in [-0.05, 0) is 48.7 Å². The summed E-state index contributed by atoms with van der Waals surface area (Å²) in [5.41, 5.74) is 4.16. The van der Waals surface area contributed by atoms with Gasteiger partial charge in [0, 0.05) is 0 Å². The van der Waals surface area contributed by atoms with E-state index in [-0.39, 0.29) is 12.5 Å². The van der Waals surface area contributed by atoms with Crippen LogP contribution in [0.15, 0.2) is 72.8 Å². The number of unbranched alkanes of at least 4 members (excludes halogenated alkanes) is 1. The predicted molar refractivity (Wildman–Crippen MR) is 118 cm³/mol. The Morgan fingerprint density at radius 1 is 0.862 bits per heavy atom. The van der Waals surface area contributed by atoms with Gasteiger partial charge in [0.05, 0.1) is 12.3 Å². The van der Waals surface area contributed by atoms with Crippen molar-refractivity contribution in [3.05, 3.63) is 78.4 Å². The molecule has 0 aliphatic heterocycles. The summed E-state index contributed by atoms with van der Waals surface area (Å²) in [6.45, 7) is 4.75. The molecule has 150 valence electrons. The number of nitrogens with one attached hydrogen (secondary N) is 1. The number of hydrogen-bond acceptors (Lipinski definition) is 3. The topological polar surface area (TPSA) is 47.6 Å². The van der Waals surface area contributed by atoms with Crippen LogP contribution in [0.2, 0.25) is 0 Å². The first kappa shape index (κ1) is 20.5. The van der Waals surface area contributed by atoms with E-state index in [4.69, 9.17) is 9.47 Å². The monoisotopic (exact) mass is 389 g/mol. The highest BCUT2D eigenvalue weighted by Gasteiger charge is 2.08. The highest BCUT2D eigenvalue weighted by atomic mass is 16.5. The fraction of sp³-hybridized carbons (Fsp3) is 0.240. The number of carbonyl (C=O) groups excluding carboxylic acids is 1. The van der Waals surface area contributed by atoms with E-state index in [2.05, 4.69) is 43.4 Å². The molecule has 0 atom stereocenters. The van der Waals surface area contributed by atoms with Gasteiger partial charge in [-0.25, -0.2) is 0 Å². The van der Waals surface area contributed by atoms with Crippen molar-refractivity contribution in [3.8, 4) is 22.6 Å². The van der Waals surface area contributed by atoms with Gasteiger partial charge in [0.2, 0.25) is 0 Å². The zero-order valence-electron chi connectivity index (χ0n) is 17.0. The van der Waals surface area contributed by atoms with Crippen LogP contribution in [-0.2, 0) is 4.79 Å². The summed E-state index contributed by atoms with van der Waals surface area (Å²) in [6.07, 6.45) is 2.04. The van der Waals surface area contributed by atoms with Gasteiger partial charge in [0.25, 0.3) is 5.91 Å². The number of hydrogen-bond donors (Lipinski definition) is 1. The summed E-state index contributed by atoms with van der Waals surface area (Å²) in [7, 11) is 0. The van der Waals surface area contributed by atoms with E-state index in [9.17, 15) is 4.79 Å². The Labute approximate surface area is 172 Å². The molecule has 0 aromatic heterocycles. The molecule has 0 aliphatic rings. The summed E-state index contributed by atoms with van der Waals surface area (Å²) in [5.74, 6) is 1.11. The second-order valence-corrected chi connectivity index (χ2v) is 6.93. The van der Waals surface area contributed by atoms with Crippen molar-refractivity contribution >= 4 is 11.6 Å². The van der Waals surface area contributed by atoms with E-state index in [1.54, 1.807) is 0 Å².